The zero-order valence-corrected chi connectivity index (χ0v) is 9.82. The van der Waals surface area contributed by atoms with E-state index in [1.807, 2.05) is 6.92 Å². The van der Waals surface area contributed by atoms with E-state index >= 15 is 0 Å². The molecule has 0 saturated carbocycles. The summed E-state index contributed by atoms with van der Waals surface area (Å²) < 4.78 is 5.35. The van der Waals surface area contributed by atoms with Gasteiger partial charge >= 0.3 is 0 Å². The molecule has 0 radical (unpaired) electrons. The molecule has 5 nitrogen and oxygen atoms in total. The first-order valence-corrected chi connectivity index (χ1v) is 5.55. The molecule has 17 heavy (non-hydrogen) atoms. The molecule has 0 bridgehead atoms. The van der Waals surface area contributed by atoms with Crippen molar-refractivity contribution in [1.82, 2.24) is 0 Å². The van der Waals surface area contributed by atoms with Crippen LogP contribution in [-0.2, 0) is 4.74 Å². The van der Waals surface area contributed by atoms with Crippen molar-refractivity contribution < 1.29 is 9.53 Å². The Morgan fingerprint density at radius 2 is 2.29 bits per heavy atom. The molecule has 1 aliphatic heterocycles. The van der Waals surface area contributed by atoms with Crippen LogP contribution in [0.1, 0.15) is 23.7 Å². The van der Waals surface area contributed by atoms with Gasteiger partial charge in [-0.15, -0.1) is 0 Å². The summed E-state index contributed by atoms with van der Waals surface area (Å²) in [7, 11) is 0. The van der Waals surface area contributed by atoms with Crippen LogP contribution in [0.15, 0.2) is 18.2 Å². The van der Waals surface area contributed by atoms with Crippen LogP contribution in [0, 0.1) is 0 Å². The molecule has 1 heterocycles. The normalized spacial score (nSPS) is 23.6. The number of hydrogen-bond donors (Lipinski definition) is 3. The van der Waals surface area contributed by atoms with E-state index < -0.39 is 5.91 Å². The molecule has 92 valence electrons. The number of primary amides is 1. The molecule has 1 atom stereocenters. The van der Waals surface area contributed by atoms with Gasteiger partial charge in [0, 0.05) is 18.0 Å². The number of nitrogens with two attached hydrogens (primary N) is 2. The smallest absolute Gasteiger partial charge is 0.250 e. The molecule has 1 fully saturated rings. The summed E-state index contributed by atoms with van der Waals surface area (Å²) >= 11 is 0. The molecule has 0 spiro atoms. The predicted molar refractivity (Wildman–Crippen MR) is 66.8 cm³/mol. The molecule has 0 aromatic heterocycles. The van der Waals surface area contributed by atoms with Crippen molar-refractivity contribution in [1.29, 1.82) is 0 Å². The summed E-state index contributed by atoms with van der Waals surface area (Å²) in [6.07, 6.45) is 0.889. The number of carbonyl (C=O) groups is 1. The number of hydrogen-bond acceptors (Lipinski definition) is 4. The Hall–Kier alpha value is -1.75. The zero-order chi connectivity index (χ0) is 12.5. The van der Waals surface area contributed by atoms with Crippen molar-refractivity contribution in [3.63, 3.8) is 0 Å². The Bertz CT molecular complexity index is 439. The Labute approximate surface area is 100 Å². The maximum atomic E-state index is 11.3. The van der Waals surface area contributed by atoms with Crippen molar-refractivity contribution in [2.75, 3.05) is 24.3 Å². The fourth-order valence-corrected chi connectivity index (χ4v) is 1.97. The number of carbonyl (C=O) groups excluding carboxylic acids is 1. The lowest BCUT2D eigenvalue weighted by molar-refractivity contribution is 0.100. The van der Waals surface area contributed by atoms with Crippen molar-refractivity contribution in [2.45, 2.75) is 18.9 Å². The number of benzene rings is 1. The third-order valence-electron chi connectivity index (χ3n) is 2.96. The minimum Gasteiger partial charge on any atom is -0.399 e. The fourth-order valence-electron chi connectivity index (χ4n) is 1.97. The van der Waals surface area contributed by atoms with Crippen molar-refractivity contribution in [3.8, 4) is 0 Å². The van der Waals surface area contributed by atoms with E-state index in [2.05, 4.69) is 5.32 Å². The molecule has 1 saturated heterocycles. The lowest BCUT2D eigenvalue weighted by Gasteiger charge is -2.26. The molecule has 1 aromatic rings. The summed E-state index contributed by atoms with van der Waals surface area (Å²) in [5.41, 5.74) is 12.6. The van der Waals surface area contributed by atoms with Crippen molar-refractivity contribution in [3.05, 3.63) is 23.8 Å². The first kappa shape index (κ1) is 11.7. The maximum absolute atomic E-state index is 11.3. The topological polar surface area (TPSA) is 90.4 Å². The summed E-state index contributed by atoms with van der Waals surface area (Å²) in [4.78, 5) is 11.3. The van der Waals surface area contributed by atoms with E-state index in [0.29, 0.717) is 23.5 Å². The SMILES string of the molecule is CC1(Nc2cc(N)ccc2C(N)=O)CCOC1. The molecule has 0 aliphatic carbocycles. The average Bonchev–Trinajstić information content (AvgIpc) is 2.64. The second-order valence-electron chi connectivity index (χ2n) is 4.66. The lowest BCUT2D eigenvalue weighted by atomic mass is 10.00. The Kier molecular flexibility index (Phi) is 2.93. The number of anilines is 2. The molecule has 1 aromatic carbocycles. The maximum Gasteiger partial charge on any atom is 0.250 e. The molecule has 1 amide bonds. The van der Waals surface area contributed by atoms with Crippen LogP contribution in [0.3, 0.4) is 0 Å². The molecular weight excluding hydrogens is 218 g/mol. The summed E-state index contributed by atoms with van der Waals surface area (Å²) in [5.74, 6) is -0.463. The van der Waals surface area contributed by atoms with Crippen LogP contribution >= 0.6 is 0 Å². The van der Waals surface area contributed by atoms with Crippen LogP contribution in [0.25, 0.3) is 0 Å². The van der Waals surface area contributed by atoms with E-state index in [9.17, 15) is 4.79 Å². The van der Waals surface area contributed by atoms with E-state index in [-0.39, 0.29) is 5.54 Å². The zero-order valence-electron chi connectivity index (χ0n) is 9.82. The van der Waals surface area contributed by atoms with Gasteiger partial charge in [-0.05, 0) is 31.5 Å². The van der Waals surface area contributed by atoms with Gasteiger partial charge in [0.2, 0.25) is 0 Å². The van der Waals surface area contributed by atoms with Crippen LogP contribution < -0.4 is 16.8 Å². The summed E-state index contributed by atoms with van der Waals surface area (Å²) in [6, 6.07) is 5.03. The van der Waals surface area contributed by atoms with Gasteiger partial charge in [-0.1, -0.05) is 0 Å². The second kappa shape index (κ2) is 4.25. The third kappa shape index (κ3) is 2.50. The van der Waals surface area contributed by atoms with Gasteiger partial charge in [0.15, 0.2) is 0 Å². The quantitative estimate of drug-likeness (QED) is 0.680. The highest BCUT2D eigenvalue weighted by molar-refractivity contribution is 5.99. The van der Waals surface area contributed by atoms with Crippen LogP contribution in [0.5, 0.6) is 0 Å². The number of nitrogen functional groups attached to an aromatic ring is 1. The first-order valence-electron chi connectivity index (χ1n) is 5.55. The monoisotopic (exact) mass is 235 g/mol. The number of rotatable bonds is 3. The molecule has 5 heteroatoms. The van der Waals surface area contributed by atoms with Gasteiger partial charge in [-0.2, -0.15) is 0 Å². The van der Waals surface area contributed by atoms with Gasteiger partial charge in [0.25, 0.3) is 5.91 Å². The highest BCUT2D eigenvalue weighted by atomic mass is 16.5. The highest BCUT2D eigenvalue weighted by Crippen LogP contribution is 2.27. The minimum atomic E-state index is -0.463. The lowest BCUT2D eigenvalue weighted by Crippen LogP contribution is -2.36. The molecule has 5 N–H and O–H groups in total. The average molecular weight is 235 g/mol. The second-order valence-corrected chi connectivity index (χ2v) is 4.66. The molecule has 2 rings (SSSR count). The third-order valence-corrected chi connectivity index (χ3v) is 2.96. The van der Waals surface area contributed by atoms with Crippen LogP contribution in [-0.4, -0.2) is 24.7 Å². The van der Waals surface area contributed by atoms with Crippen molar-refractivity contribution in [2.24, 2.45) is 5.73 Å². The standard InChI is InChI=1S/C12H17N3O2/c1-12(4-5-17-7-12)15-10-6-8(13)2-3-9(10)11(14)16/h2-3,6,15H,4-5,7,13H2,1H3,(H2,14,16). The Morgan fingerprint density at radius 3 is 2.88 bits per heavy atom. The number of ether oxygens (including phenoxy) is 1. The van der Waals surface area contributed by atoms with Gasteiger partial charge in [0.05, 0.1) is 17.7 Å². The molecule has 1 unspecified atom stereocenters. The minimum absolute atomic E-state index is 0.169. The Morgan fingerprint density at radius 1 is 1.53 bits per heavy atom. The summed E-state index contributed by atoms with van der Waals surface area (Å²) in [5, 5.41) is 3.30. The largest absolute Gasteiger partial charge is 0.399 e. The number of amides is 1. The van der Waals surface area contributed by atoms with E-state index in [0.717, 1.165) is 13.0 Å². The van der Waals surface area contributed by atoms with Crippen LogP contribution in [0.2, 0.25) is 0 Å². The molecule has 1 aliphatic rings. The summed E-state index contributed by atoms with van der Waals surface area (Å²) in [6.45, 7) is 3.38. The fraction of sp³-hybridized carbons (Fsp3) is 0.417. The van der Waals surface area contributed by atoms with E-state index in [1.54, 1.807) is 18.2 Å². The van der Waals surface area contributed by atoms with Gasteiger partial charge in [-0.25, -0.2) is 0 Å². The number of nitrogens with one attached hydrogen (secondary N) is 1. The van der Waals surface area contributed by atoms with Crippen LogP contribution in [0.4, 0.5) is 11.4 Å². The highest BCUT2D eigenvalue weighted by Gasteiger charge is 2.30. The first-order chi connectivity index (χ1) is 8.00. The Balaban J connectivity index is 2.30. The van der Waals surface area contributed by atoms with Gasteiger partial charge in [-0.3, -0.25) is 4.79 Å². The van der Waals surface area contributed by atoms with Gasteiger partial charge < -0.3 is 21.5 Å². The molecular formula is C12H17N3O2. The van der Waals surface area contributed by atoms with E-state index in [4.69, 9.17) is 16.2 Å². The van der Waals surface area contributed by atoms with Gasteiger partial charge in [0.1, 0.15) is 0 Å². The van der Waals surface area contributed by atoms with E-state index in [1.165, 1.54) is 0 Å². The van der Waals surface area contributed by atoms with Crippen molar-refractivity contribution >= 4 is 17.3 Å². The predicted octanol–water partition coefficient (Wildman–Crippen LogP) is 0.959.